The molecule has 0 aliphatic carbocycles. The number of nitrogens with one attached hydrogen (secondary N) is 2. The molecule has 0 aromatic heterocycles. The Morgan fingerprint density at radius 1 is 0.929 bits per heavy atom. The average Bonchev–Trinajstić information content (AvgIpc) is 2.65. The van der Waals surface area contributed by atoms with Crippen LogP contribution in [0, 0.1) is 0 Å². The molecule has 2 N–H and O–H groups in total. The maximum atomic E-state index is 12.8. The van der Waals surface area contributed by atoms with Crippen LogP contribution in [0.25, 0.3) is 0 Å². The summed E-state index contributed by atoms with van der Waals surface area (Å²) in [5.41, 5.74) is 0.851. The van der Waals surface area contributed by atoms with Crippen LogP contribution in [-0.4, -0.2) is 14.3 Å². The number of amides is 1. The Hall–Kier alpha value is -2.06. The minimum Gasteiger partial charge on any atom is -0.322 e. The monoisotopic (exact) mass is 498 g/mol. The Kier molecular flexibility index (Phi) is 6.30. The molecule has 9 heteroatoms. The van der Waals surface area contributed by atoms with E-state index in [-0.39, 0.29) is 26.2 Å². The van der Waals surface area contributed by atoms with E-state index in [4.69, 9.17) is 23.2 Å². The lowest BCUT2D eigenvalue weighted by Crippen LogP contribution is -2.19. The van der Waals surface area contributed by atoms with Gasteiger partial charge in [-0.1, -0.05) is 51.3 Å². The zero-order valence-electron chi connectivity index (χ0n) is 14.1. The Labute approximate surface area is 180 Å². The minimum absolute atomic E-state index is 0.0219. The number of anilines is 2. The molecule has 0 saturated heterocycles. The van der Waals surface area contributed by atoms with Crippen molar-refractivity contribution < 1.29 is 13.2 Å². The fraction of sp³-hybridized carbons (Fsp3) is 0. The van der Waals surface area contributed by atoms with Crippen molar-refractivity contribution in [1.29, 1.82) is 0 Å². The highest BCUT2D eigenvalue weighted by molar-refractivity contribution is 9.10. The second kappa shape index (κ2) is 8.53. The summed E-state index contributed by atoms with van der Waals surface area (Å²) in [5.74, 6) is -0.460. The van der Waals surface area contributed by atoms with Gasteiger partial charge >= 0.3 is 0 Å². The van der Waals surface area contributed by atoms with E-state index in [1.165, 1.54) is 30.3 Å². The van der Waals surface area contributed by atoms with Crippen molar-refractivity contribution >= 4 is 66.4 Å². The first kappa shape index (κ1) is 20.7. The quantitative estimate of drug-likeness (QED) is 0.465. The number of halogens is 3. The number of benzene rings is 3. The first-order valence-corrected chi connectivity index (χ1v) is 10.9. The zero-order chi connectivity index (χ0) is 20.3. The van der Waals surface area contributed by atoms with Crippen LogP contribution in [0.2, 0.25) is 10.0 Å². The zero-order valence-corrected chi connectivity index (χ0v) is 18.0. The number of para-hydroxylation sites is 1. The molecule has 0 aliphatic heterocycles. The molecule has 0 spiro atoms. The van der Waals surface area contributed by atoms with Crippen molar-refractivity contribution in [3.05, 3.63) is 86.8 Å². The summed E-state index contributed by atoms with van der Waals surface area (Å²) in [6.07, 6.45) is 0. The van der Waals surface area contributed by atoms with Crippen LogP contribution >= 0.6 is 39.1 Å². The van der Waals surface area contributed by atoms with Gasteiger partial charge < -0.3 is 5.32 Å². The molecule has 1 amide bonds. The third kappa shape index (κ3) is 4.86. The lowest BCUT2D eigenvalue weighted by molar-refractivity contribution is 0.102. The lowest BCUT2D eigenvalue weighted by atomic mass is 10.1. The normalized spacial score (nSPS) is 11.1. The Bertz CT molecular complexity index is 1140. The fourth-order valence-electron chi connectivity index (χ4n) is 2.38. The maximum absolute atomic E-state index is 12.8. The molecule has 144 valence electrons. The number of rotatable bonds is 5. The van der Waals surface area contributed by atoms with Crippen LogP contribution in [0.3, 0.4) is 0 Å². The first-order chi connectivity index (χ1) is 13.3. The second-order valence-electron chi connectivity index (χ2n) is 5.69. The number of carbonyl (C=O) groups excluding carboxylic acids is 1. The van der Waals surface area contributed by atoms with E-state index in [2.05, 4.69) is 26.0 Å². The van der Waals surface area contributed by atoms with E-state index in [1.807, 2.05) is 0 Å². The lowest BCUT2D eigenvalue weighted by Gasteiger charge is -2.14. The molecule has 0 aliphatic rings. The summed E-state index contributed by atoms with van der Waals surface area (Å²) in [6.45, 7) is 0. The molecule has 3 aromatic carbocycles. The van der Waals surface area contributed by atoms with Gasteiger partial charge in [-0.2, -0.15) is 0 Å². The molecule has 3 aromatic rings. The molecule has 0 saturated carbocycles. The summed E-state index contributed by atoms with van der Waals surface area (Å²) in [4.78, 5) is 12.5. The molecule has 28 heavy (non-hydrogen) atoms. The van der Waals surface area contributed by atoms with Crippen molar-refractivity contribution in [2.45, 2.75) is 4.90 Å². The van der Waals surface area contributed by atoms with E-state index >= 15 is 0 Å². The fourth-order valence-corrected chi connectivity index (χ4v) is 4.49. The smallest absolute Gasteiger partial charge is 0.263 e. The summed E-state index contributed by atoms with van der Waals surface area (Å²) in [7, 11) is -4.05. The van der Waals surface area contributed by atoms with Gasteiger partial charge in [0.25, 0.3) is 15.9 Å². The predicted octanol–water partition coefficient (Wildman–Crippen LogP) is 5.81. The van der Waals surface area contributed by atoms with Crippen molar-refractivity contribution in [2.75, 3.05) is 10.0 Å². The largest absolute Gasteiger partial charge is 0.322 e. The summed E-state index contributed by atoms with van der Waals surface area (Å²) < 4.78 is 28.8. The molecule has 5 nitrogen and oxygen atoms in total. The Morgan fingerprint density at radius 2 is 1.61 bits per heavy atom. The van der Waals surface area contributed by atoms with Crippen LogP contribution in [0.1, 0.15) is 10.4 Å². The van der Waals surface area contributed by atoms with Crippen LogP contribution in [-0.2, 0) is 10.0 Å². The van der Waals surface area contributed by atoms with E-state index < -0.39 is 15.9 Å². The molecule has 0 radical (unpaired) electrons. The topological polar surface area (TPSA) is 75.3 Å². The third-order valence-corrected chi connectivity index (χ3v) is 6.31. The molecule has 0 fully saturated rings. The van der Waals surface area contributed by atoms with Gasteiger partial charge in [0.05, 0.1) is 16.3 Å². The number of carbonyl (C=O) groups is 1. The van der Waals surface area contributed by atoms with Crippen molar-refractivity contribution in [3.8, 4) is 0 Å². The second-order valence-corrected chi connectivity index (χ2v) is 9.10. The Balaban J connectivity index is 1.90. The molecular formula is C19H13BrCl2N2O3S. The van der Waals surface area contributed by atoms with Crippen LogP contribution in [0.15, 0.2) is 76.1 Å². The van der Waals surface area contributed by atoms with Crippen LogP contribution in [0.5, 0.6) is 0 Å². The van der Waals surface area contributed by atoms with Crippen molar-refractivity contribution in [3.63, 3.8) is 0 Å². The number of hydrogen-bond acceptors (Lipinski definition) is 3. The van der Waals surface area contributed by atoms with E-state index in [9.17, 15) is 13.2 Å². The van der Waals surface area contributed by atoms with Gasteiger partial charge in [0, 0.05) is 15.2 Å². The van der Waals surface area contributed by atoms with Crippen LogP contribution in [0.4, 0.5) is 11.4 Å². The number of hydrogen-bond donors (Lipinski definition) is 2. The van der Waals surface area contributed by atoms with E-state index in [1.54, 1.807) is 36.4 Å². The van der Waals surface area contributed by atoms with Gasteiger partial charge in [-0.15, -0.1) is 0 Å². The molecule has 0 atom stereocenters. The molecule has 0 heterocycles. The van der Waals surface area contributed by atoms with Gasteiger partial charge in [-0.25, -0.2) is 8.42 Å². The van der Waals surface area contributed by atoms with Gasteiger partial charge in [0.1, 0.15) is 4.90 Å². The Morgan fingerprint density at radius 3 is 2.32 bits per heavy atom. The number of sulfonamides is 1. The molecule has 3 rings (SSSR count). The van der Waals surface area contributed by atoms with Gasteiger partial charge in [-0.05, 0) is 54.6 Å². The first-order valence-electron chi connectivity index (χ1n) is 7.90. The standard InChI is InChI=1S/C19H13BrCl2N2O3S/c20-12-5-8-14(9-6-12)23-19(25)15-3-1-2-4-17(15)24-28(26,27)18-11-13(21)7-10-16(18)22/h1-11,24H,(H,23,25). The highest BCUT2D eigenvalue weighted by atomic mass is 79.9. The molecule has 0 unspecified atom stereocenters. The van der Waals surface area contributed by atoms with Crippen LogP contribution < -0.4 is 10.0 Å². The summed E-state index contributed by atoms with van der Waals surface area (Å²) in [6, 6.07) is 17.4. The van der Waals surface area contributed by atoms with E-state index in [0.717, 1.165) is 4.47 Å². The van der Waals surface area contributed by atoms with Gasteiger partial charge in [0.15, 0.2) is 0 Å². The average molecular weight is 500 g/mol. The van der Waals surface area contributed by atoms with E-state index in [0.29, 0.717) is 5.69 Å². The predicted molar refractivity (Wildman–Crippen MR) is 116 cm³/mol. The minimum atomic E-state index is -4.05. The third-order valence-electron chi connectivity index (χ3n) is 3.70. The highest BCUT2D eigenvalue weighted by Gasteiger charge is 2.21. The highest BCUT2D eigenvalue weighted by Crippen LogP contribution is 2.28. The van der Waals surface area contributed by atoms with Crippen molar-refractivity contribution in [2.24, 2.45) is 0 Å². The van der Waals surface area contributed by atoms with Crippen molar-refractivity contribution in [1.82, 2.24) is 0 Å². The molecular weight excluding hydrogens is 487 g/mol. The SMILES string of the molecule is O=C(Nc1ccc(Br)cc1)c1ccccc1NS(=O)(=O)c1cc(Cl)ccc1Cl. The summed E-state index contributed by atoms with van der Waals surface area (Å²) in [5, 5.41) is 2.98. The maximum Gasteiger partial charge on any atom is 0.263 e. The molecule has 0 bridgehead atoms. The van der Waals surface area contributed by atoms with Gasteiger partial charge in [0.2, 0.25) is 0 Å². The van der Waals surface area contributed by atoms with Gasteiger partial charge in [-0.3, -0.25) is 9.52 Å². The summed E-state index contributed by atoms with van der Waals surface area (Å²) >= 11 is 15.2.